The Kier molecular flexibility index (Phi) is 12.6. The summed E-state index contributed by atoms with van der Waals surface area (Å²) in [5, 5.41) is 3.65. The maximum Gasteiger partial charge on any atom is 0.410 e. The third-order valence-corrected chi connectivity index (χ3v) is 9.58. The molecule has 3 saturated heterocycles. The number of aryl methyl sites for hydroxylation is 1. The molecule has 10 nitrogen and oxygen atoms in total. The van der Waals surface area contributed by atoms with Crippen molar-refractivity contribution < 1.29 is 14.3 Å². The normalized spacial score (nSPS) is 21.2. The number of hydrogen-bond acceptors (Lipinski definition) is 7. The zero-order chi connectivity index (χ0) is 35.9. The van der Waals surface area contributed by atoms with Crippen LogP contribution in [0.15, 0.2) is 45.8 Å². The number of nitrogens with one attached hydrogen (secondary N) is 2. The van der Waals surface area contributed by atoms with Crippen molar-refractivity contribution in [2.24, 2.45) is 10.7 Å². The van der Waals surface area contributed by atoms with Crippen LogP contribution in [0.1, 0.15) is 117 Å². The summed E-state index contributed by atoms with van der Waals surface area (Å²) in [6, 6.07) is 8.05. The van der Waals surface area contributed by atoms with Gasteiger partial charge in [-0.2, -0.15) is 0 Å². The number of likely N-dealkylation sites (tertiary alicyclic amines) is 2. The summed E-state index contributed by atoms with van der Waals surface area (Å²) in [6.45, 7) is 20.9. The van der Waals surface area contributed by atoms with Crippen molar-refractivity contribution >= 4 is 29.0 Å². The number of allylic oxidation sites excluding steroid dienone is 1. The van der Waals surface area contributed by atoms with Crippen molar-refractivity contribution in [3.8, 4) is 0 Å². The zero-order valence-electron chi connectivity index (χ0n) is 31.4. The number of aromatic nitrogens is 1. The smallest absolute Gasteiger partial charge is 0.410 e. The largest absolute Gasteiger partial charge is 0.444 e. The summed E-state index contributed by atoms with van der Waals surface area (Å²) in [5.74, 6) is 0.162. The predicted octanol–water partition coefficient (Wildman–Crippen LogP) is 7.73. The lowest BCUT2D eigenvalue weighted by Crippen LogP contribution is -2.51. The van der Waals surface area contributed by atoms with Gasteiger partial charge in [-0.15, -0.1) is 0 Å². The summed E-state index contributed by atoms with van der Waals surface area (Å²) in [6.07, 6.45) is 8.86. The van der Waals surface area contributed by atoms with Gasteiger partial charge in [-0.1, -0.05) is 40.7 Å². The molecule has 1 amide bonds. The lowest BCUT2D eigenvalue weighted by atomic mass is 9.84. The van der Waals surface area contributed by atoms with Gasteiger partial charge in [0.2, 0.25) is 0 Å². The maximum absolute atomic E-state index is 13.2. The fourth-order valence-electron chi connectivity index (χ4n) is 6.99. The minimum Gasteiger partial charge on any atom is -0.444 e. The van der Waals surface area contributed by atoms with E-state index in [1.807, 2.05) is 60.6 Å². The maximum atomic E-state index is 13.2. The number of H-pyrrole nitrogens is 1. The Morgan fingerprint density at radius 1 is 1.06 bits per heavy atom. The second kappa shape index (κ2) is 16.3. The van der Waals surface area contributed by atoms with Crippen LogP contribution in [0.25, 0.3) is 5.70 Å². The molecule has 1 aliphatic carbocycles. The number of amides is 1. The van der Waals surface area contributed by atoms with E-state index in [9.17, 15) is 9.59 Å². The number of amidine groups is 1. The molecule has 6 rings (SSSR count). The van der Waals surface area contributed by atoms with Crippen LogP contribution in [0.3, 0.4) is 0 Å². The van der Waals surface area contributed by atoms with Crippen LogP contribution in [0.4, 0.5) is 16.2 Å². The first-order chi connectivity index (χ1) is 23.4. The predicted molar refractivity (Wildman–Crippen MR) is 201 cm³/mol. The number of fused-ring (bicyclic) bond motifs is 2. The summed E-state index contributed by atoms with van der Waals surface area (Å²) in [4.78, 5) is 37.6. The van der Waals surface area contributed by atoms with E-state index in [0.29, 0.717) is 42.2 Å². The highest BCUT2D eigenvalue weighted by atomic mass is 16.6. The molecule has 2 bridgehead atoms. The van der Waals surface area contributed by atoms with Crippen LogP contribution in [0.2, 0.25) is 0 Å². The highest BCUT2D eigenvalue weighted by Gasteiger charge is 2.38. The molecule has 1 aromatic carbocycles. The Morgan fingerprint density at radius 3 is 2.24 bits per heavy atom. The van der Waals surface area contributed by atoms with Crippen LogP contribution in [-0.2, 0) is 9.47 Å². The van der Waals surface area contributed by atoms with Crippen molar-refractivity contribution in [2.75, 3.05) is 31.5 Å². The van der Waals surface area contributed by atoms with E-state index in [1.54, 1.807) is 11.1 Å². The van der Waals surface area contributed by atoms with E-state index in [-0.39, 0.29) is 23.0 Å². The van der Waals surface area contributed by atoms with Crippen molar-refractivity contribution in [1.82, 2.24) is 14.8 Å². The first-order valence-electron chi connectivity index (χ1n) is 18.5. The molecule has 4 heterocycles. The fourth-order valence-corrected chi connectivity index (χ4v) is 6.99. The number of benzene rings is 1. The number of nitrogens with two attached hydrogens (primary N) is 1. The average molecular weight is 677 g/mol. The van der Waals surface area contributed by atoms with E-state index < -0.39 is 5.60 Å². The fraction of sp³-hybridized carbons (Fsp3) is 0.615. The van der Waals surface area contributed by atoms with Gasteiger partial charge in [0, 0.05) is 49.2 Å². The number of aliphatic imine (C=N–C) groups is 1. The number of rotatable bonds is 7. The van der Waals surface area contributed by atoms with Crippen LogP contribution in [-0.4, -0.2) is 76.2 Å². The molecule has 4 N–H and O–H groups in total. The molecule has 1 saturated carbocycles. The van der Waals surface area contributed by atoms with E-state index >= 15 is 0 Å². The number of carbonyl (C=O) groups excluding carboxylic acids is 1. The Balaban J connectivity index is 0.00000130. The summed E-state index contributed by atoms with van der Waals surface area (Å²) in [5.41, 5.74) is 12.4. The molecule has 2 aromatic rings. The van der Waals surface area contributed by atoms with E-state index in [0.717, 1.165) is 63.6 Å². The molecule has 0 spiro atoms. The summed E-state index contributed by atoms with van der Waals surface area (Å²) >= 11 is 0. The molecule has 270 valence electrons. The van der Waals surface area contributed by atoms with E-state index in [2.05, 4.69) is 41.2 Å². The highest BCUT2D eigenvalue weighted by Crippen LogP contribution is 2.42. The number of anilines is 1. The molecule has 4 aliphatic rings. The minimum atomic E-state index is -0.538. The van der Waals surface area contributed by atoms with E-state index in [1.165, 1.54) is 16.8 Å². The SMILES string of the molecule is CC.CC.CCC1(Nc2cc[nH]c(=O)c2C(N)=Nc2ccc(C(=C3CC3)N3CC4CCC(C3)O4)c(C)c2)CCN(C(=O)OC(C)(C)C)CC1. The van der Waals surface area contributed by atoms with E-state index in [4.69, 9.17) is 20.2 Å². The van der Waals surface area contributed by atoms with Crippen LogP contribution in [0.5, 0.6) is 0 Å². The third kappa shape index (κ3) is 9.26. The quantitative estimate of drug-likeness (QED) is 0.202. The van der Waals surface area contributed by atoms with Gasteiger partial charge in [0.15, 0.2) is 0 Å². The van der Waals surface area contributed by atoms with Crippen LogP contribution in [0, 0.1) is 6.92 Å². The second-order valence-corrected chi connectivity index (χ2v) is 14.1. The van der Waals surface area contributed by atoms with Crippen molar-refractivity contribution in [1.29, 1.82) is 0 Å². The summed E-state index contributed by atoms with van der Waals surface area (Å²) < 4.78 is 11.7. The topological polar surface area (TPSA) is 125 Å². The van der Waals surface area contributed by atoms with Gasteiger partial charge in [-0.25, -0.2) is 9.79 Å². The lowest BCUT2D eigenvalue weighted by molar-refractivity contribution is -0.0190. The monoisotopic (exact) mass is 676 g/mol. The van der Waals surface area contributed by atoms with Gasteiger partial charge in [0.25, 0.3) is 5.56 Å². The average Bonchev–Trinajstić information content (AvgIpc) is 3.85. The van der Waals surface area contributed by atoms with Crippen LogP contribution >= 0.6 is 0 Å². The molecule has 4 fully saturated rings. The molecule has 3 aliphatic heterocycles. The second-order valence-electron chi connectivity index (χ2n) is 14.1. The molecular weight excluding hydrogens is 616 g/mol. The number of aromatic amines is 1. The Labute approximate surface area is 293 Å². The number of hydrogen-bond donors (Lipinski definition) is 3. The van der Waals surface area contributed by atoms with Gasteiger partial charge >= 0.3 is 6.09 Å². The molecule has 0 radical (unpaired) electrons. The van der Waals surface area contributed by atoms with Gasteiger partial charge in [0.1, 0.15) is 17.0 Å². The highest BCUT2D eigenvalue weighted by molar-refractivity contribution is 6.03. The molecular formula is C39H60N6O4. The number of morpholine rings is 1. The standard InChI is InChI=1S/C35H48N6O4.2C2H6/c1-6-35(14-17-40(18-15-35)33(43)45-34(3,4)5)39-28-13-16-37-32(42)29(28)31(36)38-24-9-12-27(22(2)19-24)30(23-7-8-23)41-20-25-10-11-26(21-41)44-25;2*1-2/h9,12-13,16,19,25-26H,6-8,10-11,14-15,17-18,20-21H2,1-5H3,(H2,36,38)(H2,37,39,42);2*1-2H3. The Morgan fingerprint density at radius 2 is 1.69 bits per heavy atom. The molecule has 10 heteroatoms. The van der Waals surface area contributed by atoms with Gasteiger partial charge in [0.05, 0.1) is 23.6 Å². The molecule has 49 heavy (non-hydrogen) atoms. The van der Waals surface area contributed by atoms with Gasteiger partial charge < -0.3 is 35.3 Å². The zero-order valence-corrected chi connectivity index (χ0v) is 31.4. The Bertz CT molecular complexity index is 1550. The molecule has 2 unspecified atom stereocenters. The number of carbonyl (C=O) groups is 1. The number of pyridine rings is 1. The minimum absolute atomic E-state index is 0.162. The third-order valence-electron chi connectivity index (χ3n) is 9.58. The lowest BCUT2D eigenvalue weighted by Gasteiger charge is -2.43. The number of ether oxygens (including phenoxy) is 2. The first kappa shape index (κ1) is 38.0. The molecule has 1 aromatic heterocycles. The van der Waals surface area contributed by atoms with Crippen LogP contribution < -0.4 is 16.6 Å². The Hall–Kier alpha value is -3.79. The van der Waals surface area contributed by atoms with Gasteiger partial charge in [-0.05, 0) is 102 Å². The first-order valence-corrected chi connectivity index (χ1v) is 18.5. The van der Waals surface area contributed by atoms with Crippen molar-refractivity contribution in [3.63, 3.8) is 0 Å². The van der Waals surface area contributed by atoms with Crippen molar-refractivity contribution in [2.45, 2.75) is 131 Å². The van der Waals surface area contributed by atoms with Crippen molar-refractivity contribution in [3.05, 3.63) is 63.1 Å². The summed E-state index contributed by atoms with van der Waals surface area (Å²) in [7, 11) is 0. The number of piperidine rings is 1. The van der Waals surface area contributed by atoms with Gasteiger partial charge in [-0.3, -0.25) is 4.79 Å². The number of nitrogens with zero attached hydrogens (tertiary/aromatic N) is 3. The molecule has 2 atom stereocenters.